The number of nitrogens with one attached hydrogen (secondary N) is 3. The van der Waals surface area contributed by atoms with E-state index in [1.54, 1.807) is 66.7 Å². The van der Waals surface area contributed by atoms with Gasteiger partial charge in [0, 0.05) is 32.7 Å². The fourth-order valence-electron chi connectivity index (χ4n) is 5.21. The number of anilines is 2. The third-order valence-electron chi connectivity index (χ3n) is 7.86. The molecule has 0 aliphatic carbocycles. The maximum Gasteiger partial charge on any atom is 0.341 e. The Balaban J connectivity index is 1.34. The predicted octanol–water partition coefficient (Wildman–Crippen LogP) is 8.83. The minimum absolute atomic E-state index is 0.0206. The third kappa shape index (κ3) is 9.56. The number of amides is 3. The van der Waals surface area contributed by atoms with Crippen molar-refractivity contribution in [2.45, 2.75) is 37.3 Å². The number of thiophene rings is 1. The number of aryl methyl sites for hydroxylation is 1. The first kappa shape index (κ1) is 37.6. The Morgan fingerprint density at radius 1 is 0.865 bits per heavy atom. The van der Waals surface area contributed by atoms with Crippen molar-refractivity contribution in [2.24, 2.45) is 0 Å². The normalized spacial score (nSPS) is 11.7. The van der Waals surface area contributed by atoms with Crippen molar-refractivity contribution in [2.75, 3.05) is 24.4 Å². The Morgan fingerprint density at radius 3 is 2.31 bits per heavy atom. The molecule has 0 fully saturated rings. The van der Waals surface area contributed by atoms with E-state index in [2.05, 4.69) is 16.0 Å². The molecule has 0 spiro atoms. The minimum Gasteiger partial charge on any atom is -0.493 e. The summed E-state index contributed by atoms with van der Waals surface area (Å²) >= 11 is 2.60. The van der Waals surface area contributed by atoms with E-state index < -0.39 is 23.0 Å². The molecule has 5 aromatic rings. The first-order valence-electron chi connectivity index (χ1n) is 16.7. The number of esters is 1. The van der Waals surface area contributed by atoms with Gasteiger partial charge >= 0.3 is 5.97 Å². The highest BCUT2D eigenvalue weighted by molar-refractivity contribution is 8.00. The van der Waals surface area contributed by atoms with Gasteiger partial charge in [0.1, 0.15) is 22.0 Å². The van der Waals surface area contributed by atoms with Gasteiger partial charge in [-0.15, -0.1) is 23.1 Å². The average molecular weight is 734 g/mol. The molecule has 1 heterocycles. The molecule has 1 aromatic heterocycles. The molecular weight excluding hydrogens is 695 g/mol. The molecule has 266 valence electrons. The van der Waals surface area contributed by atoms with Crippen molar-refractivity contribution in [1.29, 1.82) is 0 Å². The number of ether oxygens (including phenoxy) is 2. The standard InChI is InChI=1S/C41H39N3O6S2/c1-5-35(39(47)44-40-36(41(48)49-4)32(25-51-40)27-21-19-26(3)20-22-27)52-31-17-12-16-30(24-31)42-38(46)33(43-37(45)28-13-8-7-9-14-28)23-29-15-10-11-18-34(29)50-6-2/h7-25,35H,5-6H2,1-4H3,(H,42,46)(H,43,45)(H,44,47)/b33-23+. The number of hydrogen-bond acceptors (Lipinski definition) is 8. The largest absolute Gasteiger partial charge is 0.493 e. The Kier molecular flexibility index (Phi) is 13.0. The molecule has 9 nitrogen and oxygen atoms in total. The van der Waals surface area contributed by atoms with Crippen molar-refractivity contribution in [3.63, 3.8) is 0 Å². The zero-order valence-corrected chi connectivity index (χ0v) is 30.9. The molecule has 52 heavy (non-hydrogen) atoms. The second kappa shape index (κ2) is 18.0. The SMILES string of the molecule is CCOc1ccccc1/C=C(/NC(=O)c1ccccc1)C(=O)Nc1cccc(SC(CC)C(=O)Nc2scc(-c3ccc(C)cc3)c2C(=O)OC)c1. The van der Waals surface area contributed by atoms with Crippen molar-refractivity contribution in [1.82, 2.24) is 5.32 Å². The van der Waals surface area contributed by atoms with Crippen LogP contribution in [-0.2, 0) is 14.3 Å². The van der Waals surface area contributed by atoms with E-state index in [0.717, 1.165) is 16.0 Å². The lowest BCUT2D eigenvalue weighted by Crippen LogP contribution is -2.30. The summed E-state index contributed by atoms with van der Waals surface area (Å²) in [7, 11) is 1.32. The number of carbonyl (C=O) groups excluding carboxylic acids is 4. The number of methoxy groups -OCH3 is 1. The average Bonchev–Trinajstić information content (AvgIpc) is 3.58. The van der Waals surface area contributed by atoms with Gasteiger partial charge in [-0.25, -0.2) is 4.79 Å². The highest BCUT2D eigenvalue weighted by atomic mass is 32.2. The van der Waals surface area contributed by atoms with Gasteiger partial charge in [-0.05, 0) is 68.3 Å². The molecule has 0 bridgehead atoms. The van der Waals surface area contributed by atoms with E-state index in [1.165, 1.54) is 30.2 Å². The van der Waals surface area contributed by atoms with Crippen LogP contribution in [0.2, 0.25) is 0 Å². The fourth-order valence-corrected chi connectivity index (χ4v) is 7.18. The van der Waals surface area contributed by atoms with Gasteiger partial charge in [0.2, 0.25) is 5.91 Å². The van der Waals surface area contributed by atoms with Gasteiger partial charge in [-0.2, -0.15) is 0 Å². The Morgan fingerprint density at radius 2 is 1.60 bits per heavy atom. The highest BCUT2D eigenvalue weighted by Gasteiger charge is 2.26. The van der Waals surface area contributed by atoms with Crippen LogP contribution in [-0.4, -0.2) is 42.7 Å². The van der Waals surface area contributed by atoms with Gasteiger partial charge < -0.3 is 25.4 Å². The number of para-hydroxylation sites is 1. The first-order chi connectivity index (χ1) is 25.2. The van der Waals surface area contributed by atoms with E-state index in [4.69, 9.17) is 9.47 Å². The topological polar surface area (TPSA) is 123 Å². The van der Waals surface area contributed by atoms with Gasteiger partial charge in [0.15, 0.2) is 0 Å². The minimum atomic E-state index is -0.542. The molecule has 3 amide bonds. The summed E-state index contributed by atoms with van der Waals surface area (Å²) < 4.78 is 10.8. The molecule has 3 N–H and O–H groups in total. The van der Waals surface area contributed by atoms with Crippen LogP contribution in [0.15, 0.2) is 119 Å². The van der Waals surface area contributed by atoms with Crippen molar-refractivity contribution >= 4 is 63.6 Å². The summed E-state index contributed by atoms with van der Waals surface area (Å²) in [6.45, 7) is 6.19. The zero-order valence-electron chi connectivity index (χ0n) is 29.2. The number of rotatable bonds is 14. The summed E-state index contributed by atoms with van der Waals surface area (Å²) in [6.07, 6.45) is 2.07. The van der Waals surface area contributed by atoms with Crippen LogP contribution in [0, 0.1) is 6.92 Å². The van der Waals surface area contributed by atoms with E-state index in [1.807, 2.05) is 68.6 Å². The Labute approximate surface area is 311 Å². The summed E-state index contributed by atoms with van der Waals surface area (Å²) in [5, 5.41) is 10.3. The molecule has 1 unspecified atom stereocenters. The molecule has 0 aliphatic heterocycles. The number of thioether (sulfide) groups is 1. The number of hydrogen-bond donors (Lipinski definition) is 3. The van der Waals surface area contributed by atoms with Crippen LogP contribution in [0.5, 0.6) is 5.75 Å². The van der Waals surface area contributed by atoms with Gasteiger partial charge in [-0.1, -0.05) is 79.2 Å². The summed E-state index contributed by atoms with van der Waals surface area (Å²) in [4.78, 5) is 54.1. The van der Waals surface area contributed by atoms with Gasteiger partial charge in [-0.3, -0.25) is 14.4 Å². The van der Waals surface area contributed by atoms with E-state index in [-0.39, 0.29) is 11.6 Å². The highest BCUT2D eigenvalue weighted by Crippen LogP contribution is 2.37. The van der Waals surface area contributed by atoms with Crippen LogP contribution in [0.25, 0.3) is 17.2 Å². The van der Waals surface area contributed by atoms with Crippen LogP contribution in [0.4, 0.5) is 10.7 Å². The van der Waals surface area contributed by atoms with Gasteiger partial charge in [0.05, 0.1) is 19.0 Å². The van der Waals surface area contributed by atoms with E-state index >= 15 is 0 Å². The molecular formula is C41H39N3O6S2. The predicted molar refractivity (Wildman–Crippen MR) is 209 cm³/mol. The van der Waals surface area contributed by atoms with E-state index in [0.29, 0.717) is 51.7 Å². The lowest BCUT2D eigenvalue weighted by Gasteiger charge is -2.16. The van der Waals surface area contributed by atoms with Crippen LogP contribution < -0.4 is 20.7 Å². The van der Waals surface area contributed by atoms with Crippen molar-refractivity contribution in [3.8, 4) is 16.9 Å². The van der Waals surface area contributed by atoms with Crippen LogP contribution in [0.3, 0.4) is 0 Å². The van der Waals surface area contributed by atoms with Gasteiger partial charge in [0.25, 0.3) is 11.8 Å². The van der Waals surface area contributed by atoms with Crippen molar-refractivity contribution < 1.29 is 28.7 Å². The molecule has 5 rings (SSSR count). The molecule has 0 saturated carbocycles. The Hall–Kier alpha value is -5.65. The Bertz CT molecular complexity index is 2080. The molecule has 1 atom stereocenters. The monoisotopic (exact) mass is 733 g/mol. The lowest BCUT2D eigenvalue weighted by atomic mass is 10.0. The fraction of sp³-hybridized carbons (Fsp3) is 0.171. The quantitative estimate of drug-likeness (QED) is 0.0592. The number of carbonyl (C=O) groups is 4. The molecule has 11 heteroatoms. The third-order valence-corrected chi connectivity index (χ3v) is 10.1. The number of benzene rings is 4. The molecule has 4 aromatic carbocycles. The zero-order chi connectivity index (χ0) is 37.0. The van der Waals surface area contributed by atoms with E-state index in [9.17, 15) is 19.2 Å². The smallest absolute Gasteiger partial charge is 0.341 e. The van der Waals surface area contributed by atoms with Crippen LogP contribution in [0.1, 0.15) is 52.1 Å². The summed E-state index contributed by atoms with van der Waals surface area (Å²) in [5.41, 5.74) is 4.44. The first-order valence-corrected chi connectivity index (χ1v) is 18.4. The van der Waals surface area contributed by atoms with Crippen molar-refractivity contribution in [3.05, 3.63) is 136 Å². The maximum absolute atomic E-state index is 13.7. The maximum atomic E-state index is 13.7. The second-order valence-electron chi connectivity index (χ2n) is 11.5. The summed E-state index contributed by atoms with van der Waals surface area (Å²) in [5.74, 6) is -1.22. The summed E-state index contributed by atoms with van der Waals surface area (Å²) in [6, 6.07) is 30.8. The molecule has 0 saturated heterocycles. The van der Waals surface area contributed by atoms with Crippen LogP contribution >= 0.6 is 23.1 Å². The lowest BCUT2D eigenvalue weighted by molar-refractivity contribution is -0.116. The second-order valence-corrected chi connectivity index (χ2v) is 13.7. The molecule has 0 aliphatic rings. The molecule has 0 radical (unpaired) electrons.